The van der Waals surface area contributed by atoms with Crippen molar-refractivity contribution in [3.63, 3.8) is 0 Å². The Labute approximate surface area is 66.8 Å². The zero-order chi connectivity index (χ0) is 8.53. The number of unbranched alkanes of at least 4 members (excludes halogenated alkanes) is 2. The Hall–Kier alpha value is -0.160. The first kappa shape index (κ1) is 10.8. The van der Waals surface area contributed by atoms with Crippen LogP contribution in [0.15, 0.2) is 0 Å². The summed E-state index contributed by atoms with van der Waals surface area (Å²) in [7, 11) is 0. The maximum atomic E-state index is 8.61. The molecule has 0 bridgehead atoms. The van der Waals surface area contributed by atoms with Gasteiger partial charge in [0.25, 0.3) is 0 Å². The van der Waals surface area contributed by atoms with Gasteiger partial charge in [0.15, 0.2) is 0 Å². The molecule has 11 heavy (non-hydrogen) atoms. The summed E-state index contributed by atoms with van der Waals surface area (Å²) in [6, 6.07) is -0.214. The van der Waals surface area contributed by atoms with Gasteiger partial charge in [-0.2, -0.15) is 0 Å². The molecule has 0 saturated carbocycles. The van der Waals surface area contributed by atoms with Crippen LogP contribution in [-0.4, -0.2) is 34.7 Å². The average Bonchev–Trinajstić information content (AvgIpc) is 2.05. The number of hydrogen-bond donors (Lipinski definition) is 4. The van der Waals surface area contributed by atoms with Crippen LogP contribution in [0.2, 0.25) is 0 Å². The van der Waals surface area contributed by atoms with Gasteiger partial charge in [-0.1, -0.05) is 12.8 Å². The number of aliphatic hydroxyl groups excluding tert-OH is 2. The molecule has 1 atom stereocenters. The molecule has 4 heteroatoms. The predicted molar refractivity (Wildman–Crippen MR) is 41.3 cm³/mol. The molecule has 0 spiro atoms. The molecule has 0 aliphatic rings. The molecule has 0 fully saturated rings. The van der Waals surface area contributed by atoms with Gasteiger partial charge < -0.3 is 15.4 Å². The minimum atomic E-state index is -0.214. The largest absolute Gasteiger partial charge is 0.396 e. The van der Waals surface area contributed by atoms with Crippen LogP contribution in [0.5, 0.6) is 0 Å². The highest BCUT2D eigenvalue weighted by molar-refractivity contribution is 4.59. The number of aliphatic hydroxyl groups is 2. The van der Waals surface area contributed by atoms with Crippen molar-refractivity contribution in [1.82, 2.24) is 5.48 Å². The van der Waals surface area contributed by atoms with E-state index in [4.69, 9.17) is 15.4 Å². The SMILES string of the molecule is OCCCCC[C@H](CO)NO. The smallest absolute Gasteiger partial charge is 0.0607 e. The van der Waals surface area contributed by atoms with E-state index in [9.17, 15) is 0 Å². The van der Waals surface area contributed by atoms with E-state index in [1.165, 1.54) is 0 Å². The second-order valence-corrected chi connectivity index (χ2v) is 2.58. The summed E-state index contributed by atoms with van der Waals surface area (Å²) in [5, 5.41) is 25.5. The standard InChI is InChI=1S/C7H17NO3/c9-5-3-1-2-4-7(6-10)8-11/h7-11H,1-6H2/t7-/m1/s1. The number of hydrogen-bond acceptors (Lipinski definition) is 4. The summed E-state index contributed by atoms with van der Waals surface area (Å²) in [4.78, 5) is 0. The van der Waals surface area contributed by atoms with E-state index >= 15 is 0 Å². The van der Waals surface area contributed by atoms with Crippen molar-refractivity contribution in [1.29, 1.82) is 0 Å². The van der Waals surface area contributed by atoms with Crippen LogP contribution >= 0.6 is 0 Å². The van der Waals surface area contributed by atoms with Gasteiger partial charge in [0.2, 0.25) is 0 Å². The highest BCUT2D eigenvalue weighted by atomic mass is 16.5. The van der Waals surface area contributed by atoms with E-state index in [2.05, 4.69) is 0 Å². The molecule has 0 aromatic rings. The molecule has 0 rings (SSSR count). The quantitative estimate of drug-likeness (QED) is 0.312. The molecule has 0 saturated heterocycles. The third-order valence-electron chi connectivity index (χ3n) is 1.61. The monoisotopic (exact) mass is 163 g/mol. The molecular formula is C7H17NO3. The zero-order valence-corrected chi connectivity index (χ0v) is 6.66. The lowest BCUT2D eigenvalue weighted by Gasteiger charge is -2.10. The fraction of sp³-hybridized carbons (Fsp3) is 1.00. The fourth-order valence-corrected chi connectivity index (χ4v) is 0.876. The summed E-state index contributed by atoms with van der Waals surface area (Å²) >= 11 is 0. The molecule has 0 aromatic heterocycles. The van der Waals surface area contributed by atoms with Gasteiger partial charge in [-0.25, -0.2) is 5.48 Å². The number of nitrogens with one attached hydrogen (secondary N) is 1. The third-order valence-corrected chi connectivity index (χ3v) is 1.61. The van der Waals surface area contributed by atoms with Crippen molar-refractivity contribution in [2.45, 2.75) is 31.7 Å². The van der Waals surface area contributed by atoms with Gasteiger partial charge in [0.05, 0.1) is 12.6 Å². The van der Waals surface area contributed by atoms with Crippen molar-refractivity contribution >= 4 is 0 Å². The van der Waals surface area contributed by atoms with E-state index < -0.39 is 0 Å². The highest BCUT2D eigenvalue weighted by Crippen LogP contribution is 2.02. The summed E-state index contributed by atoms with van der Waals surface area (Å²) in [5.41, 5.74) is 2.02. The normalized spacial score (nSPS) is 13.4. The van der Waals surface area contributed by atoms with Crippen LogP contribution in [0.3, 0.4) is 0 Å². The Morgan fingerprint density at radius 3 is 2.27 bits per heavy atom. The summed E-state index contributed by atoms with van der Waals surface area (Å²) in [6.45, 7) is 0.173. The minimum absolute atomic E-state index is 0.0460. The van der Waals surface area contributed by atoms with Crippen LogP contribution < -0.4 is 5.48 Å². The van der Waals surface area contributed by atoms with Crippen molar-refractivity contribution < 1.29 is 15.4 Å². The molecule has 0 aromatic carbocycles. The Bertz CT molecular complexity index is 76.1. The van der Waals surface area contributed by atoms with Crippen molar-refractivity contribution in [3.8, 4) is 0 Å². The second kappa shape index (κ2) is 7.94. The van der Waals surface area contributed by atoms with Crippen molar-refractivity contribution in [2.24, 2.45) is 0 Å². The Morgan fingerprint density at radius 1 is 1.09 bits per heavy atom. The first-order chi connectivity index (χ1) is 5.35. The number of hydroxylamine groups is 1. The summed E-state index contributed by atoms with van der Waals surface area (Å²) in [5.74, 6) is 0. The van der Waals surface area contributed by atoms with E-state index in [-0.39, 0.29) is 19.3 Å². The molecule has 0 aliphatic carbocycles. The summed E-state index contributed by atoms with van der Waals surface area (Å²) in [6.07, 6.45) is 3.39. The maximum Gasteiger partial charge on any atom is 0.0607 e. The van der Waals surface area contributed by atoms with Crippen LogP contribution in [0.1, 0.15) is 25.7 Å². The van der Waals surface area contributed by atoms with Gasteiger partial charge in [-0.3, -0.25) is 0 Å². The first-order valence-electron chi connectivity index (χ1n) is 3.96. The van der Waals surface area contributed by atoms with Gasteiger partial charge in [0.1, 0.15) is 0 Å². The van der Waals surface area contributed by atoms with E-state index in [1.54, 1.807) is 0 Å². The van der Waals surface area contributed by atoms with Crippen LogP contribution in [-0.2, 0) is 0 Å². The summed E-state index contributed by atoms with van der Waals surface area (Å²) < 4.78 is 0. The Balaban J connectivity index is 3.07. The predicted octanol–water partition coefficient (Wildman–Crippen LogP) is -0.121. The molecule has 0 radical (unpaired) electrons. The fourth-order valence-electron chi connectivity index (χ4n) is 0.876. The molecule has 4 N–H and O–H groups in total. The number of rotatable bonds is 7. The van der Waals surface area contributed by atoms with Gasteiger partial charge in [-0.15, -0.1) is 0 Å². The molecule has 0 amide bonds. The van der Waals surface area contributed by atoms with Crippen molar-refractivity contribution in [3.05, 3.63) is 0 Å². The van der Waals surface area contributed by atoms with Gasteiger partial charge in [0, 0.05) is 6.61 Å². The lowest BCUT2D eigenvalue weighted by atomic mass is 10.1. The zero-order valence-electron chi connectivity index (χ0n) is 6.66. The second-order valence-electron chi connectivity index (χ2n) is 2.58. The van der Waals surface area contributed by atoms with E-state index in [1.807, 2.05) is 5.48 Å². The van der Waals surface area contributed by atoms with Gasteiger partial charge >= 0.3 is 0 Å². The lowest BCUT2D eigenvalue weighted by Crippen LogP contribution is -2.29. The molecule has 0 aliphatic heterocycles. The minimum Gasteiger partial charge on any atom is -0.396 e. The third kappa shape index (κ3) is 6.25. The topological polar surface area (TPSA) is 72.7 Å². The highest BCUT2D eigenvalue weighted by Gasteiger charge is 2.03. The molecule has 0 unspecified atom stereocenters. The van der Waals surface area contributed by atoms with E-state index in [0.717, 1.165) is 25.7 Å². The molecule has 0 heterocycles. The van der Waals surface area contributed by atoms with Crippen molar-refractivity contribution in [2.75, 3.05) is 13.2 Å². The van der Waals surface area contributed by atoms with Crippen LogP contribution in [0.4, 0.5) is 0 Å². The van der Waals surface area contributed by atoms with Crippen LogP contribution in [0, 0.1) is 0 Å². The Morgan fingerprint density at radius 2 is 1.82 bits per heavy atom. The van der Waals surface area contributed by atoms with E-state index in [0.29, 0.717) is 0 Å². The molecule has 4 nitrogen and oxygen atoms in total. The lowest BCUT2D eigenvalue weighted by molar-refractivity contribution is 0.0848. The average molecular weight is 163 g/mol. The Kier molecular flexibility index (Phi) is 7.83. The van der Waals surface area contributed by atoms with Gasteiger partial charge in [-0.05, 0) is 12.8 Å². The molecular weight excluding hydrogens is 146 g/mol. The van der Waals surface area contributed by atoms with Crippen LogP contribution in [0.25, 0.3) is 0 Å². The first-order valence-corrected chi connectivity index (χ1v) is 3.96. The molecule has 68 valence electrons. The maximum absolute atomic E-state index is 8.61.